The van der Waals surface area contributed by atoms with Gasteiger partial charge in [0.25, 0.3) is 0 Å². The number of carbonyl (C=O) groups is 3. The molecule has 328 valence electrons. The molecule has 1 aliphatic rings. The van der Waals surface area contributed by atoms with Crippen LogP contribution in [-0.2, 0) is 32.9 Å². The van der Waals surface area contributed by atoms with Gasteiger partial charge in [-0.3, -0.25) is 18.9 Å². The SMILES string of the molecule is CCCCCCCCCCCCCCCCCCCCC(=O)O[C@H](COC(=O)CCCCCC[C@H]1C(=O)C[C@@H](O)[C@@H]1/C=C/[C@@H](O)CCCCC)COP(=O)(O)O. The Labute approximate surface area is 339 Å². The Kier molecular flexibility index (Phi) is 32.1. The molecule has 0 aromatic carbocycles. The normalized spacial score (nSPS) is 18.5. The van der Waals surface area contributed by atoms with E-state index in [4.69, 9.17) is 19.3 Å². The second-order valence-electron chi connectivity index (χ2n) is 16.2. The lowest BCUT2D eigenvalue weighted by Gasteiger charge is -2.18. The number of phosphoric ester groups is 1. The molecule has 1 aliphatic carbocycles. The molecule has 56 heavy (non-hydrogen) atoms. The molecule has 0 saturated heterocycles. The first kappa shape index (κ1) is 52.4. The minimum Gasteiger partial charge on any atom is -0.462 e. The van der Waals surface area contributed by atoms with Gasteiger partial charge >= 0.3 is 19.8 Å². The fraction of sp³-hybridized carbons (Fsp3) is 0.886. The molecular weight excluding hydrogens is 735 g/mol. The molecule has 0 aromatic heterocycles. The molecule has 0 aliphatic heterocycles. The topological polar surface area (TPSA) is 177 Å². The van der Waals surface area contributed by atoms with Gasteiger partial charge in [-0.2, -0.15) is 0 Å². The van der Waals surface area contributed by atoms with Gasteiger partial charge in [0.15, 0.2) is 6.10 Å². The number of esters is 2. The van der Waals surface area contributed by atoms with Crippen molar-refractivity contribution < 1.29 is 52.9 Å². The molecular formula is C44H81O11P. The highest BCUT2D eigenvalue weighted by Gasteiger charge is 2.39. The Morgan fingerprint density at radius 2 is 1.16 bits per heavy atom. The lowest BCUT2D eigenvalue weighted by molar-refractivity contribution is -0.161. The van der Waals surface area contributed by atoms with Crippen LogP contribution in [0.25, 0.3) is 0 Å². The van der Waals surface area contributed by atoms with Crippen molar-refractivity contribution in [2.45, 2.75) is 225 Å². The van der Waals surface area contributed by atoms with Gasteiger partial charge in [-0.05, 0) is 25.7 Å². The molecule has 0 spiro atoms. The lowest BCUT2D eigenvalue weighted by atomic mass is 9.88. The van der Waals surface area contributed by atoms with E-state index >= 15 is 0 Å². The average Bonchev–Trinajstić information content (AvgIpc) is 3.42. The van der Waals surface area contributed by atoms with Gasteiger partial charge in [0.1, 0.15) is 12.4 Å². The van der Waals surface area contributed by atoms with Gasteiger partial charge in [-0.1, -0.05) is 174 Å². The number of hydrogen-bond donors (Lipinski definition) is 4. The predicted molar refractivity (Wildman–Crippen MR) is 222 cm³/mol. The molecule has 0 amide bonds. The van der Waals surface area contributed by atoms with Crippen LogP contribution in [0.2, 0.25) is 0 Å². The first-order valence-electron chi connectivity index (χ1n) is 22.6. The quantitative estimate of drug-likeness (QED) is 0.0202. The minimum atomic E-state index is -4.81. The van der Waals surface area contributed by atoms with Crippen LogP contribution in [0, 0.1) is 11.8 Å². The third-order valence-electron chi connectivity index (χ3n) is 10.9. The molecule has 0 unspecified atom stereocenters. The summed E-state index contributed by atoms with van der Waals surface area (Å²) in [6, 6.07) is 0. The average molecular weight is 817 g/mol. The molecule has 1 saturated carbocycles. The second kappa shape index (κ2) is 34.3. The Morgan fingerprint density at radius 1 is 0.696 bits per heavy atom. The van der Waals surface area contributed by atoms with Gasteiger partial charge in [0, 0.05) is 31.1 Å². The summed E-state index contributed by atoms with van der Waals surface area (Å²) in [4.78, 5) is 55.7. The molecule has 11 nitrogen and oxygen atoms in total. The van der Waals surface area contributed by atoms with Crippen molar-refractivity contribution in [3.8, 4) is 0 Å². The van der Waals surface area contributed by atoms with Gasteiger partial charge in [-0.15, -0.1) is 0 Å². The lowest BCUT2D eigenvalue weighted by Crippen LogP contribution is -2.29. The molecule has 12 heteroatoms. The minimum absolute atomic E-state index is 0.0459. The first-order chi connectivity index (χ1) is 27.0. The number of Topliss-reactive ketones (excluding diaryl/α,β-unsaturated/α-hetero) is 1. The van der Waals surface area contributed by atoms with Crippen molar-refractivity contribution in [1.82, 2.24) is 0 Å². The summed E-state index contributed by atoms with van der Waals surface area (Å²) in [5.41, 5.74) is 0. The standard InChI is InChI=1S/C44H81O11P/c1-3-5-7-8-9-10-11-12-13-14-15-16-17-18-19-20-21-27-31-44(49)55-38(36-54-56(50,51)52)35-53-43(48)30-26-23-22-25-29-39-40(42(47)34-41(39)46)33-32-37(45)28-24-6-4-2/h32-33,37-40,42,45,47H,3-31,34-36H2,1-2H3,(H2,50,51,52)/b33-32+/t37-,38+,39+,40+,42+/m0/s1. The maximum Gasteiger partial charge on any atom is 0.469 e. The Bertz CT molecular complexity index is 1080. The van der Waals surface area contributed by atoms with E-state index in [9.17, 15) is 29.2 Å². The van der Waals surface area contributed by atoms with Gasteiger partial charge in [-0.25, -0.2) is 4.57 Å². The number of aliphatic hydroxyl groups is 2. The van der Waals surface area contributed by atoms with Crippen LogP contribution < -0.4 is 0 Å². The van der Waals surface area contributed by atoms with E-state index < -0.39 is 44.7 Å². The smallest absolute Gasteiger partial charge is 0.462 e. The highest BCUT2D eigenvalue weighted by molar-refractivity contribution is 7.46. The summed E-state index contributed by atoms with van der Waals surface area (Å²) in [5.74, 6) is -1.56. The number of unbranched alkanes of at least 4 members (excludes halogenated alkanes) is 22. The van der Waals surface area contributed by atoms with E-state index in [1.165, 1.54) is 89.9 Å². The molecule has 5 atom stereocenters. The van der Waals surface area contributed by atoms with Gasteiger partial charge in [0.05, 0.1) is 18.8 Å². The van der Waals surface area contributed by atoms with Crippen LogP contribution in [0.3, 0.4) is 0 Å². The Balaban J connectivity index is 2.20. The summed E-state index contributed by atoms with van der Waals surface area (Å²) >= 11 is 0. The summed E-state index contributed by atoms with van der Waals surface area (Å²) in [6.07, 6.45) is 31.2. The van der Waals surface area contributed by atoms with E-state index in [1.807, 2.05) is 6.08 Å². The molecule has 0 aromatic rings. The van der Waals surface area contributed by atoms with Crippen LogP contribution >= 0.6 is 7.82 Å². The van der Waals surface area contributed by atoms with Crippen LogP contribution in [0.5, 0.6) is 0 Å². The molecule has 1 fully saturated rings. The summed E-state index contributed by atoms with van der Waals surface area (Å²) in [6.45, 7) is 3.41. The molecule has 1 rings (SSSR count). The third-order valence-corrected chi connectivity index (χ3v) is 11.4. The highest BCUT2D eigenvalue weighted by Crippen LogP contribution is 2.36. The fourth-order valence-electron chi connectivity index (χ4n) is 7.51. The van der Waals surface area contributed by atoms with E-state index in [0.29, 0.717) is 25.7 Å². The molecule has 0 bridgehead atoms. The Morgan fingerprint density at radius 3 is 1.68 bits per heavy atom. The Hall–Kier alpha value is -1.62. The number of aliphatic hydroxyl groups excluding tert-OH is 2. The van der Waals surface area contributed by atoms with Crippen molar-refractivity contribution in [2.75, 3.05) is 13.2 Å². The number of phosphoric acid groups is 1. The number of ether oxygens (including phenoxy) is 2. The monoisotopic (exact) mass is 817 g/mol. The van der Waals surface area contributed by atoms with Crippen LogP contribution in [0.15, 0.2) is 12.2 Å². The second-order valence-corrected chi connectivity index (χ2v) is 17.4. The van der Waals surface area contributed by atoms with Crippen LogP contribution in [0.4, 0.5) is 0 Å². The first-order valence-corrected chi connectivity index (χ1v) is 24.1. The maximum atomic E-state index is 12.5. The van der Waals surface area contributed by atoms with Crippen LogP contribution in [-0.4, -0.2) is 69.2 Å². The third kappa shape index (κ3) is 29.6. The zero-order valence-corrected chi connectivity index (χ0v) is 36.2. The number of rotatable bonds is 38. The van der Waals surface area contributed by atoms with E-state index in [1.54, 1.807) is 6.08 Å². The molecule has 0 heterocycles. The van der Waals surface area contributed by atoms with Crippen molar-refractivity contribution in [1.29, 1.82) is 0 Å². The highest BCUT2D eigenvalue weighted by atomic mass is 31.2. The van der Waals surface area contributed by atoms with E-state index in [-0.39, 0.29) is 43.5 Å². The summed E-state index contributed by atoms with van der Waals surface area (Å²) in [7, 11) is -4.81. The predicted octanol–water partition coefficient (Wildman–Crippen LogP) is 10.4. The number of ketones is 1. The molecule has 0 radical (unpaired) electrons. The summed E-state index contributed by atoms with van der Waals surface area (Å²) < 4.78 is 26.4. The fourth-order valence-corrected chi connectivity index (χ4v) is 7.87. The van der Waals surface area contributed by atoms with Crippen LogP contribution in [0.1, 0.15) is 206 Å². The maximum absolute atomic E-state index is 12.5. The van der Waals surface area contributed by atoms with E-state index in [0.717, 1.165) is 57.8 Å². The molecule has 4 N–H and O–H groups in total. The van der Waals surface area contributed by atoms with Crippen molar-refractivity contribution in [2.24, 2.45) is 11.8 Å². The summed E-state index contributed by atoms with van der Waals surface area (Å²) in [5, 5.41) is 20.6. The van der Waals surface area contributed by atoms with Crippen molar-refractivity contribution in [3.05, 3.63) is 12.2 Å². The largest absolute Gasteiger partial charge is 0.469 e. The zero-order chi connectivity index (χ0) is 41.3. The number of hydrogen-bond acceptors (Lipinski definition) is 9. The van der Waals surface area contributed by atoms with Gasteiger partial charge < -0.3 is 29.5 Å². The zero-order valence-electron chi connectivity index (χ0n) is 35.3. The number of carbonyl (C=O) groups excluding carboxylic acids is 3. The van der Waals surface area contributed by atoms with Crippen molar-refractivity contribution in [3.63, 3.8) is 0 Å². The van der Waals surface area contributed by atoms with Gasteiger partial charge in [0.2, 0.25) is 0 Å². The van der Waals surface area contributed by atoms with E-state index in [2.05, 4.69) is 18.4 Å². The van der Waals surface area contributed by atoms with Crippen molar-refractivity contribution >= 4 is 25.5 Å².